The Kier molecular flexibility index (Phi) is 3.40. The van der Waals surface area contributed by atoms with Crippen LogP contribution in [0.4, 0.5) is 0 Å². The highest BCUT2D eigenvalue weighted by atomic mass is 35.5. The number of nitrogens with zero attached hydrogens (tertiary/aromatic N) is 1. The second kappa shape index (κ2) is 4.36. The van der Waals surface area contributed by atoms with Gasteiger partial charge in [0.25, 0.3) is 0 Å². The third kappa shape index (κ3) is 2.41. The molecule has 1 aromatic rings. The van der Waals surface area contributed by atoms with Crippen LogP contribution in [0.15, 0.2) is 18.3 Å². The standard InChI is InChI=1S/C8H9ClN2O3/c9-5-3-4(1-2-11-5)6(12)7(13)8(10)14/h1-3,6-7,12-13H,(H2,10,14). The first-order chi connectivity index (χ1) is 6.52. The van der Waals surface area contributed by atoms with Gasteiger partial charge in [-0.2, -0.15) is 0 Å². The van der Waals surface area contributed by atoms with Gasteiger partial charge in [-0.1, -0.05) is 11.6 Å². The monoisotopic (exact) mass is 216 g/mol. The molecule has 76 valence electrons. The van der Waals surface area contributed by atoms with Gasteiger partial charge < -0.3 is 15.9 Å². The molecule has 0 fully saturated rings. The predicted octanol–water partition coefficient (Wildman–Crippen LogP) is -0.385. The van der Waals surface area contributed by atoms with Gasteiger partial charge in [0.15, 0.2) is 6.10 Å². The molecular formula is C8H9ClN2O3. The molecule has 0 saturated heterocycles. The smallest absolute Gasteiger partial charge is 0.249 e. The summed E-state index contributed by atoms with van der Waals surface area (Å²) < 4.78 is 0. The molecule has 5 nitrogen and oxygen atoms in total. The number of halogens is 1. The van der Waals surface area contributed by atoms with Crippen molar-refractivity contribution >= 4 is 17.5 Å². The van der Waals surface area contributed by atoms with Gasteiger partial charge in [0.1, 0.15) is 11.3 Å². The van der Waals surface area contributed by atoms with Crippen molar-refractivity contribution in [2.24, 2.45) is 5.73 Å². The van der Waals surface area contributed by atoms with Crippen LogP contribution < -0.4 is 5.73 Å². The summed E-state index contributed by atoms with van der Waals surface area (Å²) in [5.74, 6) is -0.995. The minimum Gasteiger partial charge on any atom is -0.385 e. The maximum atomic E-state index is 10.6. The molecule has 1 amide bonds. The molecule has 1 aromatic heterocycles. The molecule has 2 unspecified atom stereocenters. The SMILES string of the molecule is NC(=O)C(O)C(O)c1ccnc(Cl)c1. The van der Waals surface area contributed by atoms with E-state index in [4.69, 9.17) is 22.4 Å². The van der Waals surface area contributed by atoms with Crippen molar-refractivity contribution in [1.29, 1.82) is 0 Å². The highest BCUT2D eigenvalue weighted by Crippen LogP contribution is 2.18. The fraction of sp³-hybridized carbons (Fsp3) is 0.250. The van der Waals surface area contributed by atoms with E-state index >= 15 is 0 Å². The van der Waals surface area contributed by atoms with Crippen molar-refractivity contribution in [2.45, 2.75) is 12.2 Å². The lowest BCUT2D eigenvalue weighted by Crippen LogP contribution is -2.33. The van der Waals surface area contributed by atoms with Gasteiger partial charge in [-0.25, -0.2) is 4.98 Å². The van der Waals surface area contributed by atoms with E-state index in [9.17, 15) is 9.90 Å². The van der Waals surface area contributed by atoms with Crippen molar-refractivity contribution in [3.63, 3.8) is 0 Å². The number of aliphatic hydroxyl groups excluding tert-OH is 2. The van der Waals surface area contributed by atoms with Crippen LogP contribution in [-0.4, -0.2) is 27.2 Å². The molecule has 4 N–H and O–H groups in total. The Morgan fingerprint density at radius 1 is 1.57 bits per heavy atom. The Hall–Kier alpha value is -1.17. The van der Waals surface area contributed by atoms with E-state index in [1.807, 2.05) is 0 Å². The van der Waals surface area contributed by atoms with Crippen LogP contribution in [0.2, 0.25) is 5.15 Å². The number of aromatic nitrogens is 1. The van der Waals surface area contributed by atoms with Gasteiger partial charge >= 0.3 is 0 Å². The molecule has 0 aliphatic heterocycles. The van der Waals surface area contributed by atoms with Crippen molar-refractivity contribution in [3.8, 4) is 0 Å². The minimum atomic E-state index is -1.64. The van der Waals surface area contributed by atoms with Gasteiger partial charge in [0, 0.05) is 6.20 Å². The Morgan fingerprint density at radius 3 is 2.71 bits per heavy atom. The summed E-state index contributed by atoms with van der Waals surface area (Å²) in [4.78, 5) is 14.2. The fourth-order valence-electron chi connectivity index (χ4n) is 0.939. The number of carbonyl (C=O) groups excluding carboxylic acids is 1. The van der Waals surface area contributed by atoms with E-state index in [1.165, 1.54) is 18.3 Å². The van der Waals surface area contributed by atoms with Crippen LogP contribution in [-0.2, 0) is 4.79 Å². The summed E-state index contributed by atoms with van der Waals surface area (Å²) in [6.07, 6.45) is -1.67. The van der Waals surface area contributed by atoms with E-state index in [2.05, 4.69) is 4.98 Å². The van der Waals surface area contributed by atoms with Crippen molar-refractivity contribution in [1.82, 2.24) is 4.98 Å². The molecule has 0 aromatic carbocycles. The quantitative estimate of drug-likeness (QED) is 0.600. The molecular weight excluding hydrogens is 208 g/mol. The average Bonchev–Trinajstić information content (AvgIpc) is 2.15. The second-order valence-electron chi connectivity index (χ2n) is 2.70. The van der Waals surface area contributed by atoms with Crippen LogP contribution in [0.1, 0.15) is 11.7 Å². The zero-order valence-electron chi connectivity index (χ0n) is 7.09. The predicted molar refractivity (Wildman–Crippen MR) is 49.4 cm³/mol. The van der Waals surface area contributed by atoms with Crippen molar-refractivity contribution in [2.75, 3.05) is 0 Å². The first-order valence-corrected chi connectivity index (χ1v) is 4.17. The average molecular weight is 217 g/mol. The summed E-state index contributed by atoms with van der Waals surface area (Å²) in [6.45, 7) is 0. The number of amides is 1. The maximum absolute atomic E-state index is 10.6. The van der Waals surface area contributed by atoms with Crippen LogP contribution in [0.25, 0.3) is 0 Å². The maximum Gasteiger partial charge on any atom is 0.249 e. The third-order valence-electron chi connectivity index (χ3n) is 1.68. The zero-order valence-corrected chi connectivity index (χ0v) is 7.85. The third-order valence-corrected chi connectivity index (χ3v) is 1.89. The van der Waals surface area contributed by atoms with Crippen LogP contribution in [0.5, 0.6) is 0 Å². The molecule has 14 heavy (non-hydrogen) atoms. The number of hydrogen-bond acceptors (Lipinski definition) is 4. The second-order valence-corrected chi connectivity index (χ2v) is 3.09. The topological polar surface area (TPSA) is 96.4 Å². The Labute approximate surface area is 85.1 Å². The molecule has 0 radical (unpaired) electrons. The molecule has 2 atom stereocenters. The van der Waals surface area contributed by atoms with Crippen molar-refractivity contribution < 1.29 is 15.0 Å². The van der Waals surface area contributed by atoms with E-state index in [0.29, 0.717) is 0 Å². The van der Waals surface area contributed by atoms with Gasteiger partial charge in [0.05, 0.1) is 0 Å². The normalized spacial score (nSPS) is 14.8. The number of carbonyl (C=O) groups is 1. The van der Waals surface area contributed by atoms with Crippen LogP contribution in [0, 0.1) is 0 Å². The van der Waals surface area contributed by atoms with E-state index in [0.717, 1.165) is 0 Å². The van der Waals surface area contributed by atoms with Crippen molar-refractivity contribution in [3.05, 3.63) is 29.0 Å². The highest BCUT2D eigenvalue weighted by Gasteiger charge is 2.23. The summed E-state index contributed by atoms with van der Waals surface area (Å²) in [5, 5.41) is 18.8. The molecule has 0 spiro atoms. The molecule has 1 heterocycles. The minimum absolute atomic E-state index is 0.165. The number of aliphatic hydroxyl groups is 2. The van der Waals surface area contributed by atoms with Gasteiger partial charge in [-0.05, 0) is 17.7 Å². The molecule has 6 heteroatoms. The molecule has 0 aliphatic carbocycles. The molecule has 0 bridgehead atoms. The molecule has 0 saturated carbocycles. The summed E-state index contributed by atoms with van der Waals surface area (Å²) in [6, 6.07) is 2.78. The highest BCUT2D eigenvalue weighted by molar-refractivity contribution is 6.29. The summed E-state index contributed by atoms with van der Waals surface area (Å²) in [7, 11) is 0. The number of rotatable bonds is 3. The van der Waals surface area contributed by atoms with Gasteiger partial charge in [-0.3, -0.25) is 4.79 Å². The Morgan fingerprint density at radius 2 is 2.21 bits per heavy atom. The van der Waals surface area contributed by atoms with Gasteiger partial charge in [-0.15, -0.1) is 0 Å². The number of pyridine rings is 1. The first kappa shape index (κ1) is 10.9. The largest absolute Gasteiger partial charge is 0.385 e. The molecule has 0 aliphatic rings. The number of primary amides is 1. The van der Waals surface area contributed by atoms with Gasteiger partial charge in [0.2, 0.25) is 5.91 Å². The Bertz CT molecular complexity index is 345. The lowest BCUT2D eigenvalue weighted by molar-refractivity contribution is -0.131. The van der Waals surface area contributed by atoms with E-state index in [-0.39, 0.29) is 10.7 Å². The van der Waals surface area contributed by atoms with Crippen LogP contribution in [0.3, 0.4) is 0 Å². The lowest BCUT2D eigenvalue weighted by Gasteiger charge is -2.14. The zero-order chi connectivity index (χ0) is 10.7. The number of nitrogens with two attached hydrogens (primary N) is 1. The first-order valence-electron chi connectivity index (χ1n) is 3.79. The molecule has 1 rings (SSSR count). The Balaban J connectivity index is 2.89. The van der Waals surface area contributed by atoms with E-state index in [1.54, 1.807) is 0 Å². The lowest BCUT2D eigenvalue weighted by atomic mass is 10.1. The summed E-state index contributed by atoms with van der Waals surface area (Å²) in [5.41, 5.74) is 5.10. The fourth-order valence-corrected chi connectivity index (χ4v) is 1.12. The van der Waals surface area contributed by atoms with E-state index < -0.39 is 18.1 Å². The van der Waals surface area contributed by atoms with Crippen LogP contribution >= 0.6 is 11.6 Å². The number of hydrogen-bond donors (Lipinski definition) is 3. The summed E-state index contributed by atoms with van der Waals surface area (Å²) >= 11 is 5.55.